The number of carbonyl (C=O) groups excluding carboxylic acids is 1. The highest BCUT2D eigenvalue weighted by molar-refractivity contribution is 5.72. The fourth-order valence-corrected chi connectivity index (χ4v) is 1.03. The standard InChI is InChI=1S/C11H10N2O4/c1-8-9(4-3-5-11(14)17-2)6-10(7-12-8)13(15)16/h6-7H,5H2,1-2H3. The number of carbonyl (C=O) groups is 1. The lowest BCUT2D eigenvalue weighted by Crippen LogP contribution is -1.97. The molecule has 17 heavy (non-hydrogen) atoms. The Kier molecular flexibility index (Phi) is 4.17. The lowest BCUT2D eigenvalue weighted by atomic mass is 10.2. The summed E-state index contributed by atoms with van der Waals surface area (Å²) in [7, 11) is 1.27. The predicted octanol–water partition coefficient (Wildman–Crippen LogP) is 1.21. The third-order valence-electron chi connectivity index (χ3n) is 1.97. The molecule has 0 aromatic carbocycles. The second-order valence-electron chi connectivity index (χ2n) is 3.14. The van der Waals surface area contributed by atoms with Crippen molar-refractivity contribution in [2.24, 2.45) is 0 Å². The third kappa shape index (κ3) is 3.57. The number of nitro groups is 1. The van der Waals surface area contributed by atoms with E-state index < -0.39 is 10.9 Å². The molecule has 0 fully saturated rings. The lowest BCUT2D eigenvalue weighted by Gasteiger charge is -1.96. The van der Waals surface area contributed by atoms with Gasteiger partial charge in [0.2, 0.25) is 0 Å². The first-order valence-electron chi connectivity index (χ1n) is 4.71. The predicted molar refractivity (Wildman–Crippen MR) is 59.1 cm³/mol. The van der Waals surface area contributed by atoms with E-state index in [1.807, 2.05) is 0 Å². The van der Waals surface area contributed by atoms with Crippen molar-refractivity contribution in [2.75, 3.05) is 7.11 Å². The number of pyridine rings is 1. The highest BCUT2D eigenvalue weighted by Crippen LogP contribution is 2.13. The molecule has 0 atom stereocenters. The van der Waals surface area contributed by atoms with Gasteiger partial charge in [0.1, 0.15) is 12.6 Å². The number of ether oxygens (including phenoxy) is 1. The average molecular weight is 234 g/mol. The molecule has 0 N–H and O–H groups in total. The molecule has 0 spiro atoms. The van der Waals surface area contributed by atoms with Crippen LogP contribution >= 0.6 is 0 Å². The van der Waals surface area contributed by atoms with E-state index in [9.17, 15) is 14.9 Å². The Balaban J connectivity index is 2.93. The number of hydrogen-bond donors (Lipinski definition) is 0. The summed E-state index contributed by atoms with van der Waals surface area (Å²) in [6.45, 7) is 1.69. The SMILES string of the molecule is COC(=O)CC#Cc1cc([N+](=O)[O-])cnc1C. The van der Waals surface area contributed by atoms with Crippen LogP contribution in [0.15, 0.2) is 12.3 Å². The summed E-state index contributed by atoms with van der Waals surface area (Å²) in [6.07, 6.45) is 1.11. The van der Waals surface area contributed by atoms with Gasteiger partial charge >= 0.3 is 5.97 Å². The average Bonchev–Trinajstić information content (AvgIpc) is 2.30. The van der Waals surface area contributed by atoms with Gasteiger partial charge in [-0.25, -0.2) is 0 Å². The van der Waals surface area contributed by atoms with Crippen molar-refractivity contribution in [3.05, 3.63) is 33.6 Å². The highest BCUT2D eigenvalue weighted by atomic mass is 16.6. The van der Waals surface area contributed by atoms with E-state index in [-0.39, 0.29) is 12.1 Å². The maximum atomic E-state index is 10.8. The van der Waals surface area contributed by atoms with Crippen molar-refractivity contribution in [1.82, 2.24) is 4.98 Å². The molecule has 0 aliphatic rings. The Bertz CT molecular complexity index is 514. The van der Waals surface area contributed by atoms with Crippen LogP contribution in [0.2, 0.25) is 0 Å². The summed E-state index contributed by atoms with van der Waals surface area (Å²) < 4.78 is 4.42. The van der Waals surface area contributed by atoms with Gasteiger partial charge in [-0.2, -0.15) is 0 Å². The molecule has 0 unspecified atom stereocenters. The van der Waals surface area contributed by atoms with Crippen LogP contribution in [0.1, 0.15) is 17.7 Å². The topological polar surface area (TPSA) is 82.3 Å². The number of aromatic nitrogens is 1. The Labute approximate surface area is 97.8 Å². The molecular weight excluding hydrogens is 224 g/mol. The molecule has 1 aromatic heterocycles. The zero-order chi connectivity index (χ0) is 12.8. The van der Waals surface area contributed by atoms with E-state index in [0.29, 0.717) is 11.3 Å². The first kappa shape index (κ1) is 12.6. The molecule has 1 aromatic rings. The number of rotatable bonds is 2. The molecule has 1 rings (SSSR count). The molecule has 0 radical (unpaired) electrons. The van der Waals surface area contributed by atoms with Gasteiger partial charge in [0, 0.05) is 6.07 Å². The highest BCUT2D eigenvalue weighted by Gasteiger charge is 2.08. The van der Waals surface area contributed by atoms with Crippen molar-refractivity contribution < 1.29 is 14.5 Å². The van der Waals surface area contributed by atoms with E-state index in [1.165, 1.54) is 19.4 Å². The van der Waals surface area contributed by atoms with Crippen molar-refractivity contribution in [2.45, 2.75) is 13.3 Å². The van der Waals surface area contributed by atoms with Crippen molar-refractivity contribution in [3.63, 3.8) is 0 Å². The molecule has 1 heterocycles. The Morgan fingerprint density at radius 2 is 2.35 bits per heavy atom. The summed E-state index contributed by atoms with van der Waals surface area (Å²) in [5.41, 5.74) is 0.883. The molecule has 0 saturated carbocycles. The zero-order valence-electron chi connectivity index (χ0n) is 9.39. The number of nitrogens with zero attached hydrogens (tertiary/aromatic N) is 2. The smallest absolute Gasteiger partial charge is 0.317 e. The molecule has 6 nitrogen and oxygen atoms in total. The van der Waals surface area contributed by atoms with Gasteiger partial charge in [0.15, 0.2) is 0 Å². The molecule has 0 saturated heterocycles. The lowest BCUT2D eigenvalue weighted by molar-refractivity contribution is -0.385. The fourth-order valence-electron chi connectivity index (χ4n) is 1.03. The van der Waals surface area contributed by atoms with E-state index in [2.05, 4.69) is 21.6 Å². The largest absolute Gasteiger partial charge is 0.468 e. The summed E-state index contributed by atoms with van der Waals surface area (Å²) in [4.78, 5) is 24.7. The minimum atomic E-state index is -0.544. The number of esters is 1. The summed E-state index contributed by atoms with van der Waals surface area (Å²) in [5, 5.41) is 10.5. The molecule has 88 valence electrons. The fraction of sp³-hybridized carbons (Fsp3) is 0.273. The van der Waals surface area contributed by atoms with Gasteiger partial charge in [-0.1, -0.05) is 11.8 Å². The van der Waals surface area contributed by atoms with Gasteiger partial charge in [-0.3, -0.25) is 19.9 Å². The molecule has 0 aliphatic carbocycles. The first-order chi connectivity index (χ1) is 8.04. The Morgan fingerprint density at radius 1 is 1.65 bits per heavy atom. The maximum absolute atomic E-state index is 10.8. The second kappa shape index (κ2) is 5.61. The van der Waals surface area contributed by atoms with Crippen LogP contribution in [0.5, 0.6) is 0 Å². The third-order valence-corrected chi connectivity index (χ3v) is 1.97. The van der Waals surface area contributed by atoms with Gasteiger partial charge in [-0.05, 0) is 6.92 Å². The van der Waals surface area contributed by atoms with Gasteiger partial charge in [-0.15, -0.1) is 0 Å². The Hall–Kier alpha value is -2.42. The van der Waals surface area contributed by atoms with E-state index in [0.717, 1.165) is 0 Å². The van der Waals surface area contributed by atoms with Crippen molar-refractivity contribution in [1.29, 1.82) is 0 Å². The van der Waals surface area contributed by atoms with Gasteiger partial charge in [0.25, 0.3) is 5.69 Å². The quantitative estimate of drug-likeness (QED) is 0.332. The van der Waals surface area contributed by atoms with Crippen LogP contribution in [0.3, 0.4) is 0 Å². The van der Waals surface area contributed by atoms with Crippen LogP contribution in [0.4, 0.5) is 5.69 Å². The molecule has 0 aliphatic heterocycles. The number of aryl methyl sites for hydroxylation is 1. The van der Waals surface area contributed by atoms with Gasteiger partial charge in [0.05, 0.1) is 23.3 Å². The zero-order valence-corrected chi connectivity index (χ0v) is 9.39. The summed E-state index contributed by atoms with van der Waals surface area (Å²) >= 11 is 0. The van der Waals surface area contributed by atoms with Crippen molar-refractivity contribution in [3.8, 4) is 11.8 Å². The monoisotopic (exact) mass is 234 g/mol. The van der Waals surface area contributed by atoms with Crippen LogP contribution in [0.25, 0.3) is 0 Å². The molecule has 6 heteroatoms. The van der Waals surface area contributed by atoms with Crippen molar-refractivity contribution >= 4 is 11.7 Å². The number of methoxy groups -OCH3 is 1. The second-order valence-corrected chi connectivity index (χ2v) is 3.14. The van der Waals surface area contributed by atoms with E-state index in [4.69, 9.17) is 0 Å². The maximum Gasteiger partial charge on any atom is 0.317 e. The molecule has 0 bridgehead atoms. The van der Waals surface area contributed by atoms with E-state index in [1.54, 1.807) is 6.92 Å². The normalized spacial score (nSPS) is 9.06. The number of hydrogen-bond acceptors (Lipinski definition) is 5. The summed E-state index contributed by atoms with van der Waals surface area (Å²) in [6, 6.07) is 1.33. The van der Waals surface area contributed by atoms with Crippen LogP contribution < -0.4 is 0 Å². The molecular formula is C11H10N2O4. The molecule has 0 amide bonds. The first-order valence-corrected chi connectivity index (χ1v) is 4.71. The summed E-state index contributed by atoms with van der Waals surface area (Å²) in [5.74, 6) is 4.78. The van der Waals surface area contributed by atoms with E-state index >= 15 is 0 Å². The van der Waals surface area contributed by atoms with Crippen LogP contribution in [0, 0.1) is 28.9 Å². The Morgan fingerprint density at radius 3 is 2.94 bits per heavy atom. The minimum Gasteiger partial charge on any atom is -0.468 e. The van der Waals surface area contributed by atoms with Crippen LogP contribution in [-0.4, -0.2) is 23.0 Å². The minimum absolute atomic E-state index is 0.0569. The van der Waals surface area contributed by atoms with Crippen LogP contribution in [-0.2, 0) is 9.53 Å². The van der Waals surface area contributed by atoms with Gasteiger partial charge < -0.3 is 4.74 Å².